The SMILES string of the molecule is Cc1cc(C(=O)NCc2cccc(C(N)=O)c2)c(C)n1-c1nccs1. The summed E-state index contributed by atoms with van der Waals surface area (Å²) in [6.45, 7) is 4.17. The van der Waals surface area contributed by atoms with Crippen LogP contribution < -0.4 is 11.1 Å². The van der Waals surface area contributed by atoms with E-state index in [-0.39, 0.29) is 5.91 Å². The van der Waals surface area contributed by atoms with Gasteiger partial charge in [0.25, 0.3) is 5.91 Å². The lowest BCUT2D eigenvalue weighted by atomic mass is 10.1. The second kappa shape index (κ2) is 6.90. The lowest BCUT2D eigenvalue weighted by Crippen LogP contribution is -2.23. The van der Waals surface area contributed by atoms with Crippen molar-refractivity contribution in [2.45, 2.75) is 20.4 Å². The van der Waals surface area contributed by atoms with Crippen LogP contribution in [-0.2, 0) is 6.54 Å². The molecule has 2 amide bonds. The van der Waals surface area contributed by atoms with Crippen molar-refractivity contribution >= 4 is 23.2 Å². The van der Waals surface area contributed by atoms with Gasteiger partial charge in [-0.1, -0.05) is 12.1 Å². The lowest BCUT2D eigenvalue weighted by Gasteiger charge is -2.08. The molecule has 25 heavy (non-hydrogen) atoms. The van der Waals surface area contributed by atoms with Crippen LogP contribution in [0.25, 0.3) is 5.13 Å². The maximum atomic E-state index is 12.6. The van der Waals surface area contributed by atoms with Gasteiger partial charge in [-0.25, -0.2) is 4.98 Å². The van der Waals surface area contributed by atoms with Crippen LogP contribution in [0, 0.1) is 13.8 Å². The molecular weight excluding hydrogens is 336 g/mol. The summed E-state index contributed by atoms with van der Waals surface area (Å²) < 4.78 is 1.97. The molecule has 0 radical (unpaired) electrons. The van der Waals surface area contributed by atoms with Crippen molar-refractivity contribution in [3.05, 3.63) is 70.0 Å². The van der Waals surface area contributed by atoms with E-state index in [0.29, 0.717) is 17.7 Å². The van der Waals surface area contributed by atoms with Crippen molar-refractivity contribution in [2.75, 3.05) is 0 Å². The zero-order valence-corrected chi connectivity index (χ0v) is 14.8. The van der Waals surface area contributed by atoms with Gasteiger partial charge in [0, 0.05) is 35.1 Å². The minimum Gasteiger partial charge on any atom is -0.366 e. The summed E-state index contributed by atoms with van der Waals surface area (Å²) in [6, 6.07) is 8.77. The molecule has 2 aromatic heterocycles. The van der Waals surface area contributed by atoms with Gasteiger partial charge in [0.2, 0.25) is 5.91 Å². The van der Waals surface area contributed by atoms with E-state index in [1.54, 1.807) is 24.4 Å². The second-order valence-corrected chi connectivity index (χ2v) is 6.56. The Bertz CT molecular complexity index is 929. The Labute approximate surface area is 149 Å². The van der Waals surface area contributed by atoms with Crippen LogP contribution in [0.5, 0.6) is 0 Å². The largest absolute Gasteiger partial charge is 0.366 e. The molecule has 0 aliphatic carbocycles. The number of nitrogens with two attached hydrogens (primary N) is 1. The first-order chi connectivity index (χ1) is 12.0. The standard InChI is InChI=1S/C18H18N4O2S/c1-11-8-15(12(2)22(11)18-20-6-7-25-18)17(24)21-10-13-4-3-5-14(9-13)16(19)23/h3-9H,10H2,1-2H3,(H2,19,23)(H,21,24). The van der Waals surface area contributed by atoms with Crippen molar-refractivity contribution < 1.29 is 9.59 Å². The quantitative estimate of drug-likeness (QED) is 0.738. The van der Waals surface area contributed by atoms with E-state index < -0.39 is 5.91 Å². The number of hydrogen-bond acceptors (Lipinski definition) is 4. The summed E-state index contributed by atoms with van der Waals surface area (Å²) in [4.78, 5) is 28.1. The highest BCUT2D eigenvalue weighted by atomic mass is 32.1. The van der Waals surface area contributed by atoms with Crippen molar-refractivity contribution in [1.29, 1.82) is 0 Å². The van der Waals surface area contributed by atoms with Crippen LogP contribution in [0.3, 0.4) is 0 Å². The third kappa shape index (κ3) is 3.46. The number of aryl methyl sites for hydroxylation is 1. The highest BCUT2D eigenvalue weighted by Gasteiger charge is 2.17. The second-order valence-electron chi connectivity index (χ2n) is 5.68. The van der Waals surface area contributed by atoms with Gasteiger partial charge in [-0.2, -0.15) is 0 Å². The monoisotopic (exact) mass is 354 g/mol. The van der Waals surface area contributed by atoms with Crippen LogP contribution in [0.1, 0.15) is 37.7 Å². The minimum atomic E-state index is -0.486. The molecule has 7 heteroatoms. The van der Waals surface area contributed by atoms with E-state index in [4.69, 9.17) is 5.73 Å². The molecule has 3 N–H and O–H groups in total. The zero-order chi connectivity index (χ0) is 18.0. The van der Waals surface area contributed by atoms with E-state index in [0.717, 1.165) is 22.1 Å². The maximum Gasteiger partial charge on any atom is 0.253 e. The molecule has 6 nitrogen and oxygen atoms in total. The predicted octanol–water partition coefficient (Wildman–Crippen LogP) is 2.58. The molecular formula is C18H18N4O2S. The molecule has 0 aliphatic heterocycles. The van der Waals surface area contributed by atoms with E-state index in [1.807, 2.05) is 35.9 Å². The fraction of sp³-hybridized carbons (Fsp3) is 0.167. The molecule has 0 bridgehead atoms. The number of nitrogens with zero attached hydrogens (tertiary/aromatic N) is 2. The highest BCUT2D eigenvalue weighted by Crippen LogP contribution is 2.22. The van der Waals surface area contributed by atoms with Crippen molar-refractivity contribution in [2.24, 2.45) is 5.73 Å². The van der Waals surface area contributed by atoms with Gasteiger partial charge in [-0.15, -0.1) is 11.3 Å². The third-order valence-corrected chi connectivity index (χ3v) is 4.71. The number of amides is 2. The van der Waals surface area contributed by atoms with Crippen molar-refractivity contribution in [3.8, 4) is 5.13 Å². The topological polar surface area (TPSA) is 90.0 Å². The van der Waals surface area contributed by atoms with Crippen LogP contribution in [-0.4, -0.2) is 21.4 Å². The number of hydrogen-bond donors (Lipinski definition) is 2. The Kier molecular flexibility index (Phi) is 4.67. The van der Waals surface area contributed by atoms with Crippen LogP contribution in [0.4, 0.5) is 0 Å². The summed E-state index contributed by atoms with van der Waals surface area (Å²) in [5, 5.41) is 5.63. The molecule has 0 unspecified atom stereocenters. The summed E-state index contributed by atoms with van der Waals surface area (Å²) in [5.74, 6) is -0.652. The average Bonchev–Trinajstić information content (AvgIpc) is 3.20. The minimum absolute atomic E-state index is 0.166. The number of thiazole rings is 1. The highest BCUT2D eigenvalue weighted by molar-refractivity contribution is 7.12. The molecule has 2 heterocycles. The zero-order valence-electron chi connectivity index (χ0n) is 13.9. The van der Waals surface area contributed by atoms with E-state index in [2.05, 4.69) is 10.3 Å². The lowest BCUT2D eigenvalue weighted by molar-refractivity contribution is 0.0949. The van der Waals surface area contributed by atoms with Crippen molar-refractivity contribution in [3.63, 3.8) is 0 Å². The summed E-state index contributed by atoms with van der Waals surface area (Å²) in [7, 11) is 0. The summed E-state index contributed by atoms with van der Waals surface area (Å²) >= 11 is 1.52. The van der Waals surface area contributed by atoms with Gasteiger partial charge < -0.3 is 11.1 Å². The molecule has 0 spiro atoms. The molecule has 0 saturated carbocycles. The average molecular weight is 354 g/mol. The van der Waals surface area contributed by atoms with Gasteiger partial charge in [0.05, 0.1) is 5.56 Å². The Morgan fingerprint density at radius 1 is 1.28 bits per heavy atom. The Morgan fingerprint density at radius 2 is 2.08 bits per heavy atom. The van der Waals surface area contributed by atoms with E-state index in [1.165, 1.54) is 11.3 Å². The number of primary amides is 1. The molecule has 0 fully saturated rings. The number of nitrogens with one attached hydrogen (secondary N) is 1. The normalized spacial score (nSPS) is 10.6. The number of carbonyl (C=O) groups excluding carboxylic acids is 2. The maximum absolute atomic E-state index is 12.6. The number of rotatable bonds is 5. The Balaban J connectivity index is 1.77. The molecule has 3 rings (SSSR count). The smallest absolute Gasteiger partial charge is 0.253 e. The molecule has 0 atom stereocenters. The van der Waals surface area contributed by atoms with E-state index in [9.17, 15) is 9.59 Å². The number of aromatic nitrogens is 2. The van der Waals surface area contributed by atoms with Crippen LogP contribution in [0.2, 0.25) is 0 Å². The molecule has 0 saturated heterocycles. The Hall–Kier alpha value is -2.93. The first-order valence-electron chi connectivity index (χ1n) is 7.73. The van der Waals surface area contributed by atoms with Crippen molar-refractivity contribution in [1.82, 2.24) is 14.9 Å². The predicted molar refractivity (Wildman–Crippen MR) is 97.0 cm³/mol. The summed E-state index contributed by atoms with van der Waals surface area (Å²) in [6.07, 6.45) is 1.74. The van der Waals surface area contributed by atoms with E-state index >= 15 is 0 Å². The fourth-order valence-electron chi connectivity index (χ4n) is 2.73. The number of benzene rings is 1. The van der Waals surface area contributed by atoms with Crippen LogP contribution >= 0.6 is 11.3 Å². The van der Waals surface area contributed by atoms with Crippen LogP contribution in [0.15, 0.2) is 41.9 Å². The molecule has 128 valence electrons. The van der Waals surface area contributed by atoms with Gasteiger partial charge in [0.15, 0.2) is 5.13 Å². The fourth-order valence-corrected chi connectivity index (χ4v) is 3.48. The Morgan fingerprint density at radius 3 is 2.76 bits per heavy atom. The summed E-state index contributed by atoms with van der Waals surface area (Å²) in [5.41, 5.74) is 8.93. The van der Waals surface area contributed by atoms with Gasteiger partial charge >= 0.3 is 0 Å². The third-order valence-electron chi connectivity index (χ3n) is 3.95. The molecule has 0 aliphatic rings. The van der Waals surface area contributed by atoms with Gasteiger partial charge in [0.1, 0.15) is 0 Å². The van der Waals surface area contributed by atoms with Gasteiger partial charge in [-0.3, -0.25) is 14.2 Å². The molecule has 1 aromatic carbocycles. The first kappa shape index (κ1) is 16.9. The first-order valence-corrected chi connectivity index (χ1v) is 8.61. The van der Waals surface area contributed by atoms with Gasteiger partial charge in [-0.05, 0) is 37.6 Å². The number of carbonyl (C=O) groups is 2. The molecule has 3 aromatic rings.